The Balaban J connectivity index is 2.57. The van der Waals surface area contributed by atoms with E-state index in [0.29, 0.717) is 17.0 Å². The molecule has 0 saturated heterocycles. The lowest BCUT2D eigenvalue weighted by Crippen LogP contribution is -2.26. The van der Waals surface area contributed by atoms with Gasteiger partial charge in [0.1, 0.15) is 5.75 Å². The molecular formula is C13H20N2O5S. The molecule has 0 heterocycles. The number of nitrogens with one attached hydrogen (secondary N) is 1. The molecule has 0 fully saturated rings. The van der Waals surface area contributed by atoms with Gasteiger partial charge in [-0.3, -0.25) is 4.79 Å². The maximum Gasteiger partial charge on any atom is 0.305 e. The van der Waals surface area contributed by atoms with Crippen molar-refractivity contribution in [3.63, 3.8) is 0 Å². The number of benzene rings is 1. The normalized spacial score (nSPS) is 11.1. The second-order valence-electron chi connectivity index (χ2n) is 4.39. The Morgan fingerprint density at radius 3 is 2.67 bits per heavy atom. The number of hydrogen-bond acceptors (Lipinski definition) is 6. The van der Waals surface area contributed by atoms with Crippen molar-refractivity contribution in [3.05, 3.63) is 23.8 Å². The molecule has 1 rings (SSSR count). The Labute approximate surface area is 124 Å². The van der Waals surface area contributed by atoms with Crippen LogP contribution in [0.5, 0.6) is 5.75 Å². The fourth-order valence-electron chi connectivity index (χ4n) is 1.71. The fourth-order valence-corrected chi connectivity index (χ4v) is 2.75. The summed E-state index contributed by atoms with van der Waals surface area (Å²) in [5.41, 5.74) is 6.84. The number of anilines is 1. The van der Waals surface area contributed by atoms with E-state index in [1.807, 2.05) is 0 Å². The number of rotatable bonds is 8. The largest absolute Gasteiger partial charge is 0.496 e. The third-order valence-corrected chi connectivity index (χ3v) is 4.22. The summed E-state index contributed by atoms with van der Waals surface area (Å²) in [6.45, 7) is 0.0781. The fraction of sp³-hybridized carbons (Fsp3) is 0.462. The van der Waals surface area contributed by atoms with Gasteiger partial charge < -0.3 is 15.2 Å². The topological polar surface area (TPSA) is 108 Å². The van der Waals surface area contributed by atoms with Crippen LogP contribution < -0.4 is 15.2 Å². The minimum absolute atomic E-state index is 0.0685. The third kappa shape index (κ3) is 6.01. The van der Waals surface area contributed by atoms with Crippen molar-refractivity contribution in [1.29, 1.82) is 0 Å². The van der Waals surface area contributed by atoms with Crippen LogP contribution in [0.1, 0.15) is 18.4 Å². The number of sulfonamides is 1. The number of carbonyl (C=O) groups excluding carboxylic acids is 1. The number of nitrogens with two attached hydrogens (primary N) is 1. The minimum atomic E-state index is -3.48. The van der Waals surface area contributed by atoms with E-state index in [2.05, 4.69) is 9.46 Å². The first kappa shape index (κ1) is 17.3. The summed E-state index contributed by atoms with van der Waals surface area (Å²) in [5.74, 6) is -0.0172. The van der Waals surface area contributed by atoms with Crippen LogP contribution in [-0.4, -0.2) is 34.4 Å². The molecule has 0 aliphatic rings. The highest BCUT2D eigenvalue weighted by Crippen LogP contribution is 2.21. The number of hydrogen-bond donors (Lipinski definition) is 2. The molecule has 3 N–H and O–H groups in total. The Morgan fingerprint density at radius 1 is 1.33 bits per heavy atom. The third-order valence-electron chi connectivity index (χ3n) is 2.81. The number of carbonyl (C=O) groups is 1. The molecule has 0 aromatic heterocycles. The standard InChI is InChI=1S/C13H20N2O5S/c1-19-12-6-5-11(14)8-10(12)9-15-21(17,18)7-3-4-13(16)20-2/h5-6,8,15H,3-4,7,9,14H2,1-2H3. The maximum atomic E-state index is 11.8. The summed E-state index contributed by atoms with van der Waals surface area (Å²) in [6.07, 6.45) is 0.273. The van der Waals surface area contributed by atoms with E-state index in [1.54, 1.807) is 18.2 Å². The first-order chi connectivity index (χ1) is 9.88. The van der Waals surface area contributed by atoms with Crippen LogP contribution in [0.4, 0.5) is 5.69 Å². The van der Waals surface area contributed by atoms with Crippen LogP contribution in [0, 0.1) is 0 Å². The Kier molecular flexibility index (Phi) is 6.44. The summed E-state index contributed by atoms with van der Waals surface area (Å²) in [4.78, 5) is 10.9. The quantitative estimate of drug-likeness (QED) is 0.538. The van der Waals surface area contributed by atoms with Gasteiger partial charge in [0.2, 0.25) is 10.0 Å². The van der Waals surface area contributed by atoms with Crippen molar-refractivity contribution in [1.82, 2.24) is 4.72 Å². The van der Waals surface area contributed by atoms with E-state index in [1.165, 1.54) is 14.2 Å². The predicted octanol–water partition coefficient (Wildman–Crippen LogP) is 0.650. The van der Waals surface area contributed by atoms with E-state index in [4.69, 9.17) is 10.5 Å². The van der Waals surface area contributed by atoms with E-state index in [0.717, 1.165) is 0 Å². The van der Waals surface area contributed by atoms with Crippen LogP contribution in [0.25, 0.3) is 0 Å². The van der Waals surface area contributed by atoms with Gasteiger partial charge >= 0.3 is 5.97 Å². The zero-order valence-electron chi connectivity index (χ0n) is 12.1. The summed E-state index contributed by atoms with van der Waals surface area (Å²) < 4.78 is 35.7. The molecule has 0 aliphatic heterocycles. The van der Waals surface area contributed by atoms with E-state index >= 15 is 0 Å². The Bertz CT molecular complexity index is 586. The van der Waals surface area contributed by atoms with Crippen LogP contribution in [0.15, 0.2) is 18.2 Å². The van der Waals surface area contributed by atoms with Crippen LogP contribution >= 0.6 is 0 Å². The second-order valence-corrected chi connectivity index (χ2v) is 6.32. The average Bonchev–Trinajstić information content (AvgIpc) is 2.45. The summed E-state index contributed by atoms with van der Waals surface area (Å²) in [7, 11) is -0.711. The molecule has 0 bridgehead atoms. The second kappa shape index (κ2) is 7.84. The average molecular weight is 316 g/mol. The van der Waals surface area contributed by atoms with Gasteiger partial charge in [-0.25, -0.2) is 13.1 Å². The first-order valence-electron chi connectivity index (χ1n) is 6.34. The monoisotopic (exact) mass is 316 g/mol. The summed E-state index contributed by atoms with van der Waals surface area (Å²) in [5, 5.41) is 0. The molecular weight excluding hydrogens is 296 g/mol. The molecule has 0 atom stereocenters. The predicted molar refractivity (Wildman–Crippen MR) is 79.3 cm³/mol. The minimum Gasteiger partial charge on any atom is -0.496 e. The van der Waals surface area contributed by atoms with Gasteiger partial charge in [-0.2, -0.15) is 0 Å². The van der Waals surface area contributed by atoms with Crippen molar-refractivity contribution in [2.24, 2.45) is 0 Å². The molecule has 0 saturated carbocycles. The molecule has 8 heteroatoms. The molecule has 0 aliphatic carbocycles. The summed E-state index contributed by atoms with van der Waals surface area (Å²) >= 11 is 0. The van der Waals surface area contributed by atoms with Gasteiger partial charge in [-0.1, -0.05) is 0 Å². The van der Waals surface area contributed by atoms with Crippen LogP contribution in [0.3, 0.4) is 0 Å². The van der Waals surface area contributed by atoms with Crippen molar-refractivity contribution in [2.75, 3.05) is 25.7 Å². The van der Waals surface area contributed by atoms with Gasteiger partial charge in [0.25, 0.3) is 0 Å². The number of esters is 1. The molecule has 1 aromatic carbocycles. The first-order valence-corrected chi connectivity index (χ1v) is 7.99. The van der Waals surface area contributed by atoms with E-state index < -0.39 is 16.0 Å². The van der Waals surface area contributed by atoms with Crippen LogP contribution in [-0.2, 0) is 26.1 Å². The molecule has 0 unspecified atom stereocenters. The van der Waals surface area contributed by atoms with Crippen molar-refractivity contribution < 1.29 is 22.7 Å². The molecule has 0 amide bonds. The number of methoxy groups -OCH3 is 2. The molecule has 118 valence electrons. The molecule has 0 radical (unpaired) electrons. The highest BCUT2D eigenvalue weighted by molar-refractivity contribution is 7.89. The lowest BCUT2D eigenvalue weighted by atomic mass is 10.2. The van der Waals surface area contributed by atoms with Gasteiger partial charge in [0, 0.05) is 24.2 Å². The zero-order valence-corrected chi connectivity index (χ0v) is 12.9. The van der Waals surface area contributed by atoms with Crippen molar-refractivity contribution in [3.8, 4) is 5.75 Å². The molecule has 0 spiro atoms. The SMILES string of the molecule is COC(=O)CCCS(=O)(=O)NCc1cc(N)ccc1OC. The van der Waals surface area contributed by atoms with Crippen LogP contribution in [0.2, 0.25) is 0 Å². The highest BCUT2D eigenvalue weighted by atomic mass is 32.2. The molecule has 21 heavy (non-hydrogen) atoms. The van der Waals surface area contributed by atoms with Gasteiger partial charge in [-0.05, 0) is 24.6 Å². The van der Waals surface area contributed by atoms with Gasteiger partial charge in [0.05, 0.1) is 20.0 Å². The smallest absolute Gasteiger partial charge is 0.305 e. The van der Waals surface area contributed by atoms with Gasteiger partial charge in [0.15, 0.2) is 0 Å². The molecule has 7 nitrogen and oxygen atoms in total. The number of ether oxygens (including phenoxy) is 2. The maximum absolute atomic E-state index is 11.8. The van der Waals surface area contributed by atoms with Gasteiger partial charge in [-0.15, -0.1) is 0 Å². The van der Waals surface area contributed by atoms with E-state index in [9.17, 15) is 13.2 Å². The lowest BCUT2D eigenvalue weighted by molar-refractivity contribution is -0.140. The van der Waals surface area contributed by atoms with E-state index in [-0.39, 0.29) is 25.1 Å². The van der Waals surface area contributed by atoms with Crippen molar-refractivity contribution in [2.45, 2.75) is 19.4 Å². The Hall–Kier alpha value is -1.80. The zero-order chi connectivity index (χ0) is 15.9. The lowest BCUT2D eigenvalue weighted by Gasteiger charge is -2.11. The van der Waals surface area contributed by atoms with Crippen molar-refractivity contribution >= 4 is 21.7 Å². The highest BCUT2D eigenvalue weighted by Gasteiger charge is 2.13. The number of nitrogen functional groups attached to an aromatic ring is 1. The molecule has 1 aromatic rings. The summed E-state index contributed by atoms with van der Waals surface area (Å²) in [6, 6.07) is 5.00. The Morgan fingerprint density at radius 2 is 2.05 bits per heavy atom.